The number of ether oxygens (including phenoxy) is 1. The molecule has 0 fully saturated rings. The third-order valence-corrected chi connectivity index (χ3v) is 5.16. The highest BCUT2D eigenvalue weighted by atomic mass is 35.5. The summed E-state index contributed by atoms with van der Waals surface area (Å²) in [4.78, 5) is 0. The van der Waals surface area contributed by atoms with E-state index in [9.17, 15) is 0 Å². The Kier molecular flexibility index (Phi) is 5.64. The van der Waals surface area contributed by atoms with E-state index in [1.165, 1.54) is 11.8 Å². The molecule has 2 aromatic heterocycles. The van der Waals surface area contributed by atoms with E-state index in [0.717, 1.165) is 27.9 Å². The second kappa shape index (κ2) is 8.50. The van der Waals surface area contributed by atoms with Gasteiger partial charge in [-0.3, -0.25) is 4.57 Å². The van der Waals surface area contributed by atoms with E-state index in [2.05, 4.69) is 15.4 Å². The molecule has 0 aliphatic heterocycles. The normalized spacial score (nSPS) is 10.9. The van der Waals surface area contributed by atoms with Gasteiger partial charge in [0.2, 0.25) is 0 Å². The average molecular weight is 413 g/mol. The fourth-order valence-electron chi connectivity index (χ4n) is 2.72. The van der Waals surface area contributed by atoms with Crippen molar-refractivity contribution >= 4 is 23.4 Å². The lowest BCUT2D eigenvalue weighted by Gasteiger charge is -2.11. The molecule has 0 aliphatic rings. The Bertz CT molecular complexity index is 1050. The molecule has 0 bridgehead atoms. The number of rotatable bonds is 7. The Hall–Kier alpha value is -2.77. The highest BCUT2D eigenvalue weighted by Gasteiger charge is 2.17. The maximum atomic E-state index is 6.19. The lowest BCUT2D eigenvalue weighted by atomic mass is 10.2. The van der Waals surface area contributed by atoms with Crippen LogP contribution in [0.25, 0.3) is 17.1 Å². The van der Waals surface area contributed by atoms with Crippen molar-refractivity contribution in [1.29, 1.82) is 0 Å². The summed E-state index contributed by atoms with van der Waals surface area (Å²) < 4.78 is 12.5. The minimum Gasteiger partial charge on any atom is -0.494 e. The molecule has 2 aromatic carbocycles. The summed E-state index contributed by atoms with van der Waals surface area (Å²) in [6, 6.07) is 17.3. The molecule has 8 heteroatoms. The summed E-state index contributed by atoms with van der Waals surface area (Å²) >= 11 is 7.72. The molecule has 0 saturated heterocycles. The van der Waals surface area contributed by atoms with Gasteiger partial charge < -0.3 is 9.26 Å². The van der Waals surface area contributed by atoms with Gasteiger partial charge in [0.25, 0.3) is 0 Å². The summed E-state index contributed by atoms with van der Waals surface area (Å²) in [5, 5.41) is 14.2. The van der Waals surface area contributed by atoms with Crippen LogP contribution in [-0.2, 0) is 5.75 Å². The highest BCUT2D eigenvalue weighted by molar-refractivity contribution is 7.98. The van der Waals surface area contributed by atoms with Crippen molar-refractivity contribution in [3.63, 3.8) is 0 Å². The van der Waals surface area contributed by atoms with Gasteiger partial charge in [-0.25, -0.2) is 0 Å². The van der Waals surface area contributed by atoms with E-state index in [0.29, 0.717) is 23.2 Å². The van der Waals surface area contributed by atoms with Crippen molar-refractivity contribution in [3.8, 4) is 22.8 Å². The number of aromatic nitrogens is 4. The Morgan fingerprint density at radius 1 is 1.11 bits per heavy atom. The van der Waals surface area contributed by atoms with Crippen LogP contribution in [0.15, 0.2) is 70.5 Å². The summed E-state index contributed by atoms with van der Waals surface area (Å²) in [5.74, 6) is 2.16. The quantitative estimate of drug-likeness (QED) is 0.385. The largest absolute Gasteiger partial charge is 0.494 e. The Balaban J connectivity index is 1.74. The molecule has 0 aliphatic carbocycles. The van der Waals surface area contributed by atoms with Crippen molar-refractivity contribution in [2.75, 3.05) is 6.61 Å². The maximum absolute atomic E-state index is 6.19. The zero-order valence-electron chi connectivity index (χ0n) is 15.1. The van der Waals surface area contributed by atoms with Crippen LogP contribution in [0.5, 0.6) is 5.75 Å². The standard InChI is InChI=1S/C20H17ClN4O2S/c1-2-26-18-8-6-17(7-9-18)25-19(14-4-3-5-15(21)12-14)22-23-20(25)28-13-16-10-11-27-24-16/h3-12H,2,13H2,1H3. The summed E-state index contributed by atoms with van der Waals surface area (Å²) in [6.07, 6.45) is 1.56. The van der Waals surface area contributed by atoms with Gasteiger partial charge in [-0.2, -0.15) is 0 Å². The van der Waals surface area contributed by atoms with Crippen LogP contribution in [0.1, 0.15) is 12.6 Å². The minimum atomic E-state index is 0.624. The summed E-state index contributed by atoms with van der Waals surface area (Å²) in [6.45, 7) is 2.59. The molecule has 0 amide bonds. The molecule has 0 unspecified atom stereocenters. The molecule has 0 spiro atoms. The Morgan fingerprint density at radius 3 is 2.68 bits per heavy atom. The van der Waals surface area contributed by atoms with Gasteiger partial charge in [0, 0.05) is 28.1 Å². The Labute approximate surface area is 171 Å². The number of benzene rings is 2. The first-order chi connectivity index (χ1) is 13.7. The smallest absolute Gasteiger partial charge is 0.196 e. The van der Waals surface area contributed by atoms with E-state index in [4.69, 9.17) is 20.9 Å². The fraction of sp³-hybridized carbons (Fsp3) is 0.150. The molecule has 4 aromatic rings. The first kappa shape index (κ1) is 18.6. The van der Waals surface area contributed by atoms with Crippen molar-refractivity contribution in [2.24, 2.45) is 0 Å². The molecule has 28 heavy (non-hydrogen) atoms. The van der Waals surface area contributed by atoms with Gasteiger partial charge in [-0.05, 0) is 43.3 Å². The molecule has 6 nitrogen and oxygen atoms in total. The molecule has 2 heterocycles. The molecule has 0 atom stereocenters. The van der Waals surface area contributed by atoms with Crippen LogP contribution in [0.4, 0.5) is 0 Å². The lowest BCUT2D eigenvalue weighted by Crippen LogP contribution is -2.00. The van der Waals surface area contributed by atoms with Gasteiger partial charge in [-0.15, -0.1) is 10.2 Å². The number of thioether (sulfide) groups is 1. The van der Waals surface area contributed by atoms with E-state index in [-0.39, 0.29) is 0 Å². The molecule has 0 saturated carbocycles. The fourth-order valence-corrected chi connectivity index (χ4v) is 3.76. The second-order valence-electron chi connectivity index (χ2n) is 5.86. The van der Waals surface area contributed by atoms with E-state index in [1.54, 1.807) is 6.26 Å². The number of hydrogen-bond acceptors (Lipinski definition) is 6. The van der Waals surface area contributed by atoms with E-state index >= 15 is 0 Å². The summed E-state index contributed by atoms with van der Waals surface area (Å²) in [7, 11) is 0. The maximum Gasteiger partial charge on any atom is 0.196 e. The first-order valence-corrected chi connectivity index (χ1v) is 10.1. The van der Waals surface area contributed by atoms with Crippen molar-refractivity contribution < 1.29 is 9.26 Å². The van der Waals surface area contributed by atoms with Gasteiger partial charge in [0.05, 0.1) is 12.3 Å². The monoisotopic (exact) mass is 412 g/mol. The van der Waals surface area contributed by atoms with Crippen LogP contribution >= 0.6 is 23.4 Å². The van der Waals surface area contributed by atoms with Gasteiger partial charge in [0.15, 0.2) is 11.0 Å². The molecular formula is C20H17ClN4O2S. The van der Waals surface area contributed by atoms with Gasteiger partial charge >= 0.3 is 0 Å². The topological polar surface area (TPSA) is 66.0 Å². The third kappa shape index (κ3) is 4.05. The van der Waals surface area contributed by atoms with Gasteiger partial charge in [-0.1, -0.05) is 40.7 Å². The van der Waals surface area contributed by atoms with Gasteiger partial charge in [0.1, 0.15) is 12.0 Å². The minimum absolute atomic E-state index is 0.624. The second-order valence-corrected chi connectivity index (χ2v) is 7.24. The zero-order valence-corrected chi connectivity index (χ0v) is 16.7. The molecule has 0 radical (unpaired) electrons. The molecule has 142 valence electrons. The average Bonchev–Trinajstić information content (AvgIpc) is 3.37. The third-order valence-electron chi connectivity index (χ3n) is 3.96. The Morgan fingerprint density at radius 2 is 1.96 bits per heavy atom. The summed E-state index contributed by atoms with van der Waals surface area (Å²) in [5.41, 5.74) is 2.67. The molecular weight excluding hydrogens is 396 g/mol. The van der Waals surface area contributed by atoms with Crippen molar-refractivity contribution in [2.45, 2.75) is 17.8 Å². The SMILES string of the molecule is CCOc1ccc(-n2c(SCc3ccon3)nnc2-c2cccc(Cl)c2)cc1. The number of nitrogens with zero attached hydrogens (tertiary/aromatic N) is 4. The number of hydrogen-bond donors (Lipinski definition) is 0. The zero-order chi connectivity index (χ0) is 19.3. The van der Waals surface area contributed by atoms with E-state index in [1.807, 2.05) is 66.1 Å². The predicted octanol–water partition coefficient (Wildman–Crippen LogP) is 5.27. The predicted molar refractivity (Wildman–Crippen MR) is 109 cm³/mol. The highest BCUT2D eigenvalue weighted by Crippen LogP contribution is 2.31. The van der Waals surface area contributed by atoms with Crippen LogP contribution in [0.2, 0.25) is 5.02 Å². The lowest BCUT2D eigenvalue weighted by molar-refractivity contribution is 0.340. The van der Waals surface area contributed by atoms with Crippen LogP contribution in [-0.4, -0.2) is 26.5 Å². The molecule has 0 N–H and O–H groups in total. The van der Waals surface area contributed by atoms with Crippen molar-refractivity contribution in [3.05, 3.63) is 71.6 Å². The van der Waals surface area contributed by atoms with Crippen LogP contribution < -0.4 is 4.74 Å². The van der Waals surface area contributed by atoms with Crippen LogP contribution in [0, 0.1) is 0 Å². The number of halogens is 1. The molecule has 4 rings (SSSR count). The first-order valence-electron chi connectivity index (χ1n) is 8.71. The van der Waals surface area contributed by atoms with Crippen molar-refractivity contribution in [1.82, 2.24) is 19.9 Å². The van der Waals surface area contributed by atoms with E-state index < -0.39 is 0 Å². The van der Waals surface area contributed by atoms with Crippen LogP contribution in [0.3, 0.4) is 0 Å².